The minimum atomic E-state index is 0.320. The second-order valence-electron chi connectivity index (χ2n) is 5.15. The summed E-state index contributed by atoms with van der Waals surface area (Å²) in [6.45, 7) is 4.91. The van der Waals surface area contributed by atoms with Crippen molar-refractivity contribution >= 4 is 11.3 Å². The zero-order valence-corrected chi connectivity index (χ0v) is 11.8. The molecule has 1 aliphatic rings. The van der Waals surface area contributed by atoms with E-state index in [-0.39, 0.29) is 0 Å². The summed E-state index contributed by atoms with van der Waals surface area (Å²) in [5, 5.41) is 6.04. The van der Waals surface area contributed by atoms with Crippen molar-refractivity contribution in [1.29, 1.82) is 0 Å². The van der Waals surface area contributed by atoms with E-state index in [1.165, 1.54) is 0 Å². The quantitative estimate of drug-likeness (QED) is 0.929. The van der Waals surface area contributed by atoms with E-state index >= 15 is 0 Å². The number of thiophene rings is 1. The van der Waals surface area contributed by atoms with Crippen LogP contribution in [0.1, 0.15) is 19.2 Å². The molecule has 2 atom stereocenters. The Kier molecular flexibility index (Phi) is 3.63. The van der Waals surface area contributed by atoms with Crippen molar-refractivity contribution in [1.82, 2.24) is 15.0 Å². The maximum atomic E-state index is 6.03. The van der Waals surface area contributed by atoms with Gasteiger partial charge in [0.25, 0.3) is 0 Å². The van der Waals surface area contributed by atoms with E-state index < -0.39 is 0 Å². The number of rotatable bonds is 3. The maximum absolute atomic E-state index is 6.03. The fourth-order valence-corrected chi connectivity index (χ4v) is 3.06. The lowest BCUT2D eigenvalue weighted by Crippen LogP contribution is -2.45. The van der Waals surface area contributed by atoms with E-state index in [1.807, 2.05) is 17.5 Å². The summed E-state index contributed by atoms with van der Waals surface area (Å²) >= 11 is 1.62. The lowest BCUT2D eigenvalue weighted by molar-refractivity contribution is 0.142. The predicted molar refractivity (Wildman–Crippen MR) is 74.6 cm³/mol. The molecule has 5 nitrogen and oxygen atoms in total. The van der Waals surface area contributed by atoms with E-state index in [0.717, 1.165) is 30.9 Å². The van der Waals surface area contributed by atoms with Gasteiger partial charge in [0, 0.05) is 19.1 Å². The third kappa shape index (κ3) is 2.86. The highest BCUT2D eigenvalue weighted by atomic mass is 32.1. The molecule has 1 aliphatic heterocycles. The molecule has 0 radical (unpaired) electrons. The molecule has 2 aromatic heterocycles. The SMILES string of the molecule is CC1CN(Cc2nc(-c3cccs3)no2)CCC1N. The number of piperidine rings is 1. The smallest absolute Gasteiger partial charge is 0.241 e. The summed E-state index contributed by atoms with van der Waals surface area (Å²) in [4.78, 5) is 7.83. The molecule has 0 bridgehead atoms. The van der Waals surface area contributed by atoms with Crippen molar-refractivity contribution < 1.29 is 4.52 Å². The van der Waals surface area contributed by atoms with Crippen molar-refractivity contribution in [3.05, 3.63) is 23.4 Å². The first-order valence-electron chi connectivity index (χ1n) is 6.57. The van der Waals surface area contributed by atoms with E-state index in [9.17, 15) is 0 Å². The van der Waals surface area contributed by atoms with E-state index in [0.29, 0.717) is 23.7 Å². The zero-order chi connectivity index (χ0) is 13.2. The van der Waals surface area contributed by atoms with E-state index in [4.69, 9.17) is 10.3 Å². The molecule has 2 N–H and O–H groups in total. The predicted octanol–water partition coefficient (Wildman–Crippen LogP) is 1.97. The standard InChI is InChI=1S/C13H18N4OS/c1-9-7-17(5-4-10(9)14)8-12-15-13(16-18-12)11-3-2-6-19-11/h2-3,6,9-10H,4-5,7-8,14H2,1H3. The number of hydrogen-bond donors (Lipinski definition) is 1. The topological polar surface area (TPSA) is 68.2 Å². The van der Waals surface area contributed by atoms with Gasteiger partial charge in [-0.1, -0.05) is 18.1 Å². The molecule has 1 fully saturated rings. The molecule has 0 aromatic carbocycles. The summed E-state index contributed by atoms with van der Waals surface area (Å²) in [6, 6.07) is 4.31. The molecule has 0 aliphatic carbocycles. The Morgan fingerprint density at radius 3 is 3.21 bits per heavy atom. The molecule has 0 amide bonds. The lowest BCUT2D eigenvalue weighted by atomic mass is 9.95. The van der Waals surface area contributed by atoms with Crippen molar-refractivity contribution in [2.45, 2.75) is 25.9 Å². The number of likely N-dealkylation sites (tertiary alicyclic amines) is 1. The van der Waals surface area contributed by atoms with Crippen molar-refractivity contribution in [3.8, 4) is 10.7 Å². The number of nitrogens with two attached hydrogens (primary N) is 1. The van der Waals surface area contributed by atoms with Crippen molar-refractivity contribution in [2.24, 2.45) is 11.7 Å². The van der Waals surface area contributed by atoms with Crippen molar-refractivity contribution in [2.75, 3.05) is 13.1 Å². The summed E-state index contributed by atoms with van der Waals surface area (Å²) in [7, 11) is 0. The summed E-state index contributed by atoms with van der Waals surface area (Å²) < 4.78 is 5.33. The van der Waals surface area contributed by atoms with Crippen LogP contribution >= 0.6 is 11.3 Å². The number of aromatic nitrogens is 2. The van der Waals surface area contributed by atoms with Gasteiger partial charge in [-0.25, -0.2) is 0 Å². The van der Waals surface area contributed by atoms with Crippen LogP contribution < -0.4 is 5.73 Å². The second kappa shape index (κ2) is 5.40. The van der Waals surface area contributed by atoms with E-state index in [1.54, 1.807) is 11.3 Å². The van der Waals surface area contributed by atoms with Crippen LogP contribution in [0.5, 0.6) is 0 Å². The average Bonchev–Trinajstić information content (AvgIpc) is 3.04. The van der Waals surface area contributed by atoms with Crippen LogP contribution in [0, 0.1) is 5.92 Å². The van der Waals surface area contributed by atoms with Gasteiger partial charge in [-0.05, 0) is 23.8 Å². The average molecular weight is 278 g/mol. The van der Waals surface area contributed by atoms with Gasteiger partial charge in [-0.15, -0.1) is 11.3 Å². The minimum Gasteiger partial charge on any atom is -0.338 e. The molecule has 102 valence electrons. The molecule has 1 saturated heterocycles. The third-order valence-corrected chi connectivity index (χ3v) is 4.49. The molecule has 3 rings (SSSR count). The number of hydrogen-bond acceptors (Lipinski definition) is 6. The van der Waals surface area contributed by atoms with Gasteiger partial charge in [0.1, 0.15) is 0 Å². The molecule has 2 aromatic rings. The van der Waals surface area contributed by atoms with Gasteiger partial charge in [-0.2, -0.15) is 4.98 Å². The first-order chi connectivity index (χ1) is 9.22. The van der Waals surface area contributed by atoms with Gasteiger partial charge in [0.15, 0.2) is 0 Å². The van der Waals surface area contributed by atoms with Crippen LogP contribution in [0.25, 0.3) is 10.7 Å². The van der Waals surface area contributed by atoms with Gasteiger partial charge >= 0.3 is 0 Å². The van der Waals surface area contributed by atoms with Gasteiger partial charge in [0.05, 0.1) is 11.4 Å². The minimum absolute atomic E-state index is 0.320. The van der Waals surface area contributed by atoms with Gasteiger partial charge in [0.2, 0.25) is 11.7 Å². The largest absolute Gasteiger partial charge is 0.338 e. The monoisotopic (exact) mass is 278 g/mol. The van der Waals surface area contributed by atoms with Crippen molar-refractivity contribution in [3.63, 3.8) is 0 Å². The highest BCUT2D eigenvalue weighted by Gasteiger charge is 2.24. The zero-order valence-electron chi connectivity index (χ0n) is 11.0. The Labute approximate surface area is 116 Å². The molecule has 6 heteroatoms. The van der Waals surface area contributed by atoms with Crippen LogP contribution in [0.4, 0.5) is 0 Å². The Hall–Kier alpha value is -1.24. The number of nitrogens with zero attached hydrogens (tertiary/aromatic N) is 3. The fraction of sp³-hybridized carbons (Fsp3) is 0.538. The maximum Gasteiger partial charge on any atom is 0.241 e. The fourth-order valence-electron chi connectivity index (χ4n) is 2.41. The lowest BCUT2D eigenvalue weighted by Gasteiger charge is -2.34. The first-order valence-corrected chi connectivity index (χ1v) is 7.45. The molecule has 2 unspecified atom stereocenters. The Bertz CT molecular complexity index is 524. The highest BCUT2D eigenvalue weighted by Crippen LogP contribution is 2.22. The van der Waals surface area contributed by atoms with Gasteiger partial charge < -0.3 is 10.3 Å². The Balaban J connectivity index is 1.64. The molecule has 3 heterocycles. The van der Waals surface area contributed by atoms with E-state index in [2.05, 4.69) is 22.0 Å². The summed E-state index contributed by atoms with van der Waals surface area (Å²) in [6.07, 6.45) is 1.03. The van der Waals surface area contributed by atoms with Crippen LogP contribution in [0.3, 0.4) is 0 Å². The first kappa shape index (κ1) is 12.8. The van der Waals surface area contributed by atoms with Crippen LogP contribution in [0.15, 0.2) is 22.0 Å². The highest BCUT2D eigenvalue weighted by molar-refractivity contribution is 7.13. The third-order valence-electron chi connectivity index (χ3n) is 3.62. The molecular formula is C13H18N4OS. The molecule has 0 spiro atoms. The molecule has 0 saturated carbocycles. The normalized spacial score (nSPS) is 24.7. The summed E-state index contributed by atoms with van der Waals surface area (Å²) in [5.74, 6) is 1.89. The van der Waals surface area contributed by atoms with Crippen LogP contribution in [0.2, 0.25) is 0 Å². The second-order valence-corrected chi connectivity index (χ2v) is 6.10. The van der Waals surface area contributed by atoms with Crippen LogP contribution in [-0.2, 0) is 6.54 Å². The van der Waals surface area contributed by atoms with Gasteiger partial charge in [-0.3, -0.25) is 4.90 Å². The molecular weight excluding hydrogens is 260 g/mol. The summed E-state index contributed by atoms with van der Waals surface area (Å²) in [5.41, 5.74) is 6.03. The molecule has 19 heavy (non-hydrogen) atoms. The Morgan fingerprint density at radius 1 is 1.58 bits per heavy atom. The Morgan fingerprint density at radius 2 is 2.47 bits per heavy atom. The van der Waals surface area contributed by atoms with Crippen LogP contribution in [-0.4, -0.2) is 34.2 Å².